The van der Waals surface area contributed by atoms with E-state index >= 15 is 0 Å². The Balaban J connectivity index is 2.03. The van der Waals surface area contributed by atoms with Crippen molar-refractivity contribution in [1.29, 1.82) is 0 Å². The molecule has 1 saturated carbocycles. The Morgan fingerprint density at radius 3 is 3.08 bits per heavy atom. The molecule has 0 spiro atoms. The molecule has 1 aromatic rings. The summed E-state index contributed by atoms with van der Waals surface area (Å²) in [6.45, 7) is 2.64. The van der Waals surface area contributed by atoms with Crippen molar-refractivity contribution in [2.75, 3.05) is 6.61 Å². The molecule has 0 aliphatic heterocycles. The van der Waals surface area contributed by atoms with Gasteiger partial charge in [-0.05, 0) is 41.6 Å². The Hall–Kier alpha value is -0.640. The van der Waals surface area contributed by atoms with Gasteiger partial charge in [-0.3, -0.25) is 0 Å². The van der Waals surface area contributed by atoms with E-state index < -0.39 is 0 Å². The summed E-state index contributed by atoms with van der Waals surface area (Å²) in [5, 5.41) is 0. The standard InChI is InChI=1S/C9H11BrN2O/c1-6-11-4-8(10)9(12-6)13-5-7-2-3-7/h4,7H,2-3,5H2,1H3. The van der Waals surface area contributed by atoms with Crippen molar-refractivity contribution in [3.63, 3.8) is 0 Å². The number of ether oxygens (including phenoxy) is 1. The molecule has 1 aliphatic carbocycles. The highest BCUT2D eigenvalue weighted by Gasteiger charge is 2.22. The van der Waals surface area contributed by atoms with Gasteiger partial charge in [-0.15, -0.1) is 0 Å². The second-order valence-electron chi connectivity index (χ2n) is 3.32. The van der Waals surface area contributed by atoms with Gasteiger partial charge in [0.15, 0.2) is 0 Å². The van der Waals surface area contributed by atoms with Gasteiger partial charge < -0.3 is 4.74 Å². The van der Waals surface area contributed by atoms with Crippen molar-refractivity contribution in [2.24, 2.45) is 5.92 Å². The summed E-state index contributed by atoms with van der Waals surface area (Å²) in [7, 11) is 0. The number of hydrogen-bond donors (Lipinski definition) is 0. The average Bonchev–Trinajstić information content (AvgIpc) is 2.90. The molecule has 1 fully saturated rings. The first-order valence-corrected chi connectivity index (χ1v) is 5.17. The van der Waals surface area contributed by atoms with Crippen molar-refractivity contribution in [3.8, 4) is 5.88 Å². The molecule has 0 N–H and O–H groups in total. The molecule has 1 aliphatic rings. The SMILES string of the molecule is Cc1ncc(Br)c(OCC2CC2)n1. The second kappa shape index (κ2) is 3.62. The van der Waals surface area contributed by atoms with Crippen LogP contribution in [0, 0.1) is 12.8 Å². The lowest BCUT2D eigenvalue weighted by Gasteiger charge is -2.05. The molecule has 3 nitrogen and oxygen atoms in total. The van der Waals surface area contributed by atoms with E-state index in [1.807, 2.05) is 6.92 Å². The molecule has 0 aromatic carbocycles. The predicted molar refractivity (Wildman–Crippen MR) is 52.7 cm³/mol. The van der Waals surface area contributed by atoms with Gasteiger partial charge in [0.2, 0.25) is 5.88 Å². The summed E-state index contributed by atoms with van der Waals surface area (Å²) in [6.07, 6.45) is 4.31. The normalized spacial score (nSPS) is 15.8. The number of halogens is 1. The average molecular weight is 243 g/mol. The Morgan fingerprint density at radius 2 is 2.38 bits per heavy atom. The van der Waals surface area contributed by atoms with E-state index in [2.05, 4.69) is 25.9 Å². The molecular weight excluding hydrogens is 232 g/mol. The van der Waals surface area contributed by atoms with Crippen LogP contribution in [0.4, 0.5) is 0 Å². The molecule has 1 heterocycles. The van der Waals surface area contributed by atoms with E-state index in [1.54, 1.807) is 6.20 Å². The zero-order chi connectivity index (χ0) is 9.26. The molecule has 0 bridgehead atoms. The van der Waals surface area contributed by atoms with Crippen LogP contribution in [-0.4, -0.2) is 16.6 Å². The molecule has 0 unspecified atom stereocenters. The fourth-order valence-corrected chi connectivity index (χ4v) is 1.32. The summed E-state index contributed by atoms with van der Waals surface area (Å²) in [5.41, 5.74) is 0. The zero-order valence-corrected chi connectivity index (χ0v) is 9.04. The summed E-state index contributed by atoms with van der Waals surface area (Å²) < 4.78 is 6.38. The smallest absolute Gasteiger partial charge is 0.231 e. The Labute approximate surface area is 85.7 Å². The first-order valence-electron chi connectivity index (χ1n) is 4.37. The largest absolute Gasteiger partial charge is 0.476 e. The molecule has 70 valence electrons. The fourth-order valence-electron chi connectivity index (χ4n) is 1.02. The summed E-state index contributed by atoms with van der Waals surface area (Å²) in [5.74, 6) is 2.16. The van der Waals surface area contributed by atoms with Crippen molar-refractivity contribution >= 4 is 15.9 Å². The van der Waals surface area contributed by atoms with Gasteiger partial charge >= 0.3 is 0 Å². The Morgan fingerprint density at radius 1 is 1.62 bits per heavy atom. The zero-order valence-electron chi connectivity index (χ0n) is 7.46. The second-order valence-corrected chi connectivity index (χ2v) is 4.18. The molecule has 4 heteroatoms. The topological polar surface area (TPSA) is 35.0 Å². The molecule has 2 rings (SSSR count). The van der Waals surface area contributed by atoms with Gasteiger partial charge in [0.1, 0.15) is 5.82 Å². The summed E-state index contributed by atoms with van der Waals surface area (Å²) >= 11 is 3.35. The van der Waals surface area contributed by atoms with Gasteiger partial charge in [-0.25, -0.2) is 4.98 Å². The first kappa shape index (κ1) is 8.94. The molecule has 13 heavy (non-hydrogen) atoms. The van der Waals surface area contributed by atoms with Crippen molar-refractivity contribution in [1.82, 2.24) is 9.97 Å². The minimum atomic E-state index is 0.666. The first-order chi connectivity index (χ1) is 6.25. The number of nitrogens with zero attached hydrogens (tertiary/aromatic N) is 2. The maximum Gasteiger partial charge on any atom is 0.231 e. The van der Waals surface area contributed by atoms with Gasteiger partial charge in [-0.2, -0.15) is 4.98 Å². The van der Waals surface area contributed by atoms with Gasteiger partial charge in [0.25, 0.3) is 0 Å². The van der Waals surface area contributed by atoms with Crippen molar-refractivity contribution in [2.45, 2.75) is 19.8 Å². The lowest BCUT2D eigenvalue weighted by atomic mass is 10.5. The van der Waals surface area contributed by atoms with Crippen LogP contribution < -0.4 is 4.74 Å². The summed E-state index contributed by atoms with van der Waals surface area (Å²) in [6, 6.07) is 0. The lowest BCUT2D eigenvalue weighted by molar-refractivity contribution is 0.285. The molecule has 0 amide bonds. The minimum Gasteiger partial charge on any atom is -0.476 e. The molecular formula is C9H11BrN2O. The molecule has 0 saturated heterocycles. The quantitative estimate of drug-likeness (QED) is 0.817. The number of hydrogen-bond acceptors (Lipinski definition) is 3. The van der Waals surface area contributed by atoms with E-state index in [9.17, 15) is 0 Å². The third-order valence-corrected chi connectivity index (χ3v) is 2.53. The molecule has 0 atom stereocenters. The molecule has 0 radical (unpaired) electrons. The minimum absolute atomic E-state index is 0.666. The van der Waals surface area contributed by atoms with Gasteiger partial charge in [0.05, 0.1) is 11.1 Å². The third-order valence-electron chi connectivity index (χ3n) is 1.99. The number of rotatable bonds is 3. The maximum absolute atomic E-state index is 5.54. The van der Waals surface area contributed by atoms with Crippen LogP contribution in [0.5, 0.6) is 5.88 Å². The highest BCUT2D eigenvalue weighted by Crippen LogP contribution is 2.30. The highest BCUT2D eigenvalue weighted by molar-refractivity contribution is 9.10. The van der Waals surface area contributed by atoms with Crippen molar-refractivity contribution < 1.29 is 4.74 Å². The third kappa shape index (κ3) is 2.40. The van der Waals surface area contributed by atoms with E-state index in [-0.39, 0.29) is 0 Å². The van der Waals surface area contributed by atoms with Gasteiger partial charge in [0, 0.05) is 6.20 Å². The number of aryl methyl sites for hydroxylation is 1. The van der Waals surface area contributed by atoms with E-state index in [1.165, 1.54) is 12.8 Å². The lowest BCUT2D eigenvalue weighted by Crippen LogP contribution is -2.02. The summed E-state index contributed by atoms with van der Waals surface area (Å²) in [4.78, 5) is 8.24. The van der Waals surface area contributed by atoms with Crippen LogP contribution >= 0.6 is 15.9 Å². The number of aromatic nitrogens is 2. The van der Waals surface area contributed by atoms with Crippen LogP contribution in [0.1, 0.15) is 18.7 Å². The highest BCUT2D eigenvalue weighted by atomic mass is 79.9. The fraction of sp³-hybridized carbons (Fsp3) is 0.556. The van der Waals surface area contributed by atoms with E-state index in [4.69, 9.17) is 4.74 Å². The maximum atomic E-state index is 5.54. The van der Waals surface area contributed by atoms with E-state index in [0.29, 0.717) is 5.88 Å². The Kier molecular flexibility index (Phi) is 2.49. The van der Waals surface area contributed by atoms with Crippen LogP contribution in [0.2, 0.25) is 0 Å². The van der Waals surface area contributed by atoms with Crippen LogP contribution in [0.25, 0.3) is 0 Å². The van der Waals surface area contributed by atoms with E-state index in [0.717, 1.165) is 22.8 Å². The van der Waals surface area contributed by atoms with Crippen LogP contribution in [0.15, 0.2) is 10.7 Å². The van der Waals surface area contributed by atoms with Crippen molar-refractivity contribution in [3.05, 3.63) is 16.5 Å². The van der Waals surface area contributed by atoms with Crippen LogP contribution in [-0.2, 0) is 0 Å². The predicted octanol–water partition coefficient (Wildman–Crippen LogP) is 2.34. The van der Waals surface area contributed by atoms with Gasteiger partial charge in [-0.1, -0.05) is 0 Å². The monoisotopic (exact) mass is 242 g/mol. The van der Waals surface area contributed by atoms with Crippen LogP contribution in [0.3, 0.4) is 0 Å². The Bertz CT molecular complexity index is 312. The molecule has 1 aromatic heterocycles.